The summed E-state index contributed by atoms with van der Waals surface area (Å²) in [5, 5.41) is 11.3. The Morgan fingerprint density at radius 3 is 2.33 bits per heavy atom. The number of likely N-dealkylation sites (N-methyl/N-ethyl adjacent to an activating group) is 1. The smallest absolute Gasteiger partial charge is 0.287 e. The largest absolute Gasteiger partial charge is 0.353 e. The Morgan fingerprint density at radius 2 is 1.67 bits per heavy atom. The monoisotopic (exact) mass is 680 g/mol. The Morgan fingerprint density at radius 1 is 0.979 bits per heavy atom. The van der Waals surface area contributed by atoms with Gasteiger partial charge in [-0.2, -0.15) is 0 Å². The molecule has 4 fully saturated rings. The molecule has 1 aromatic carbocycles. The van der Waals surface area contributed by atoms with Crippen molar-refractivity contribution in [2.45, 2.75) is 70.5 Å². The van der Waals surface area contributed by atoms with Crippen LogP contribution in [0.25, 0.3) is 10.6 Å². The molecule has 13 heteroatoms. The lowest BCUT2D eigenvalue weighted by Gasteiger charge is -2.54. The summed E-state index contributed by atoms with van der Waals surface area (Å²) in [6.45, 7) is 1.49. The lowest BCUT2D eigenvalue weighted by Crippen LogP contribution is -2.56. The fraction of sp³-hybridized carbons (Fsp3) is 0.457. The van der Waals surface area contributed by atoms with E-state index in [0.717, 1.165) is 54.4 Å². The number of amides is 4. The predicted octanol–water partition coefficient (Wildman–Crippen LogP) is 4.04. The number of nitrogens with one attached hydrogen (secondary N) is 4. The summed E-state index contributed by atoms with van der Waals surface area (Å²) in [4.78, 5) is 82.4. The van der Waals surface area contributed by atoms with Crippen LogP contribution < -0.4 is 26.8 Å². The van der Waals surface area contributed by atoms with Crippen molar-refractivity contribution in [1.82, 2.24) is 25.5 Å². The number of Topliss-reactive ketones (excluding diaryl/α,β-unsaturated/α-hetero) is 1. The van der Waals surface area contributed by atoms with Crippen LogP contribution in [-0.2, 0) is 25.7 Å². The molecule has 48 heavy (non-hydrogen) atoms. The normalized spacial score (nSPS) is 22.8. The number of benzene rings is 1. The third kappa shape index (κ3) is 7.25. The van der Waals surface area contributed by atoms with Gasteiger partial charge in [0, 0.05) is 37.0 Å². The van der Waals surface area contributed by atoms with Crippen LogP contribution in [0.2, 0.25) is 0 Å². The summed E-state index contributed by atoms with van der Waals surface area (Å²) in [6.07, 6.45) is 6.92. The van der Waals surface area contributed by atoms with Crippen LogP contribution in [0.1, 0.15) is 66.0 Å². The second-order valence-electron chi connectivity index (χ2n) is 13.2. The zero-order valence-corrected chi connectivity index (χ0v) is 27.8. The molecule has 4 N–H and O–H groups in total. The number of pyridine rings is 1. The first-order valence-electron chi connectivity index (χ1n) is 16.5. The summed E-state index contributed by atoms with van der Waals surface area (Å²) in [5.74, 6) is -0.596. The summed E-state index contributed by atoms with van der Waals surface area (Å²) in [7, 11) is 1.33. The number of aryl methyl sites for hydroxylation is 1. The zero-order valence-electron chi connectivity index (χ0n) is 27.0. The molecule has 3 aromatic rings. The molecule has 260 valence electrons. The number of anilines is 1. The van der Waals surface area contributed by atoms with Crippen molar-refractivity contribution in [3.63, 3.8) is 0 Å². The second kappa shape index (κ2) is 14.2. The van der Waals surface area contributed by atoms with E-state index in [1.807, 2.05) is 30.3 Å². The highest BCUT2D eigenvalue weighted by Crippen LogP contribution is 2.53. The first-order chi connectivity index (χ1) is 23.1. The first-order valence-corrected chi connectivity index (χ1v) is 17.3. The van der Waals surface area contributed by atoms with Crippen LogP contribution in [0.5, 0.6) is 0 Å². The minimum atomic E-state index is -1.26. The lowest BCUT2D eigenvalue weighted by molar-refractivity contribution is -0.137. The van der Waals surface area contributed by atoms with Crippen molar-refractivity contribution in [2.24, 2.45) is 23.7 Å². The van der Waals surface area contributed by atoms with Crippen molar-refractivity contribution in [1.29, 1.82) is 0 Å². The van der Waals surface area contributed by atoms with Gasteiger partial charge in [0.15, 0.2) is 0 Å². The maximum Gasteiger partial charge on any atom is 0.287 e. The Hall–Kier alpha value is -4.65. The number of rotatable bonds is 12. The Bertz CT molecular complexity index is 1780. The van der Waals surface area contributed by atoms with E-state index in [9.17, 15) is 28.8 Å². The van der Waals surface area contributed by atoms with Gasteiger partial charge >= 0.3 is 0 Å². The van der Waals surface area contributed by atoms with Crippen molar-refractivity contribution in [3.8, 4) is 10.6 Å². The van der Waals surface area contributed by atoms with E-state index < -0.39 is 35.1 Å². The number of hydrogen-bond acceptors (Lipinski definition) is 8. The van der Waals surface area contributed by atoms with Gasteiger partial charge in [0.05, 0.1) is 5.69 Å². The van der Waals surface area contributed by atoms with Crippen molar-refractivity contribution < 1.29 is 29.7 Å². The van der Waals surface area contributed by atoms with Gasteiger partial charge in [0.25, 0.3) is 17.4 Å². The van der Waals surface area contributed by atoms with E-state index in [-0.39, 0.29) is 47.6 Å². The van der Waals surface area contributed by atoms with Gasteiger partial charge in [-0.3, -0.25) is 28.8 Å². The standard InChI is InChI=1S/C35H40N6O6S.4H2/c1-19-30(48-34(37-19)22-7-4-3-5-8-22)33(46)38-25(10-11-27(42)32(45)36-2)31(44)39-26-9-6-12-41(35(26)47)18-28(43)40-29-23-14-20-13-21(16-23)17-24(29)15-20;;;;/h3-9,12,20-21,23-25,29H,10-11,13-18H2,1-2H3,(H,36,45)(H,38,46)(H,39,44)(H,40,43);4*1H/t20?,21?,23?,24?,25-,29?;;;;/m0..../s1. The van der Waals surface area contributed by atoms with Crippen LogP contribution in [0.3, 0.4) is 0 Å². The van der Waals surface area contributed by atoms with E-state index in [2.05, 4.69) is 26.3 Å². The summed E-state index contributed by atoms with van der Waals surface area (Å²) in [6, 6.07) is 11.2. The SMILES string of the molecule is CNC(=O)C(=O)CC[C@H](NC(=O)c1sc(-c2ccccc2)nc1C)C(=O)Nc1cccn(CC(=O)NC2C3CC4CC(C3)CC2C4)c1=O.[HH].[HH].[HH].[HH]. The molecule has 2 aromatic heterocycles. The Kier molecular flexibility index (Phi) is 9.86. The fourth-order valence-corrected chi connectivity index (χ4v) is 8.83. The number of ketones is 1. The van der Waals surface area contributed by atoms with Crippen molar-refractivity contribution in [2.75, 3.05) is 12.4 Å². The molecule has 0 radical (unpaired) electrons. The molecule has 0 unspecified atom stereocenters. The molecule has 4 amide bonds. The van der Waals surface area contributed by atoms with Gasteiger partial charge in [0.2, 0.25) is 17.6 Å². The summed E-state index contributed by atoms with van der Waals surface area (Å²) < 4.78 is 1.25. The zero-order chi connectivity index (χ0) is 33.9. The van der Waals surface area contributed by atoms with Gasteiger partial charge in [-0.05, 0) is 81.3 Å². The van der Waals surface area contributed by atoms with E-state index in [4.69, 9.17) is 0 Å². The average molecular weight is 681 g/mol. The Balaban J connectivity index is 0.00000234. The maximum absolute atomic E-state index is 13.6. The fourth-order valence-electron chi connectivity index (χ4n) is 7.86. The highest BCUT2D eigenvalue weighted by atomic mass is 32.1. The average Bonchev–Trinajstić information content (AvgIpc) is 3.47. The third-order valence-corrected chi connectivity index (χ3v) is 11.1. The van der Waals surface area contributed by atoms with E-state index in [0.29, 0.717) is 22.5 Å². The topological polar surface area (TPSA) is 168 Å². The number of nitrogens with zero attached hydrogens (tertiary/aromatic N) is 2. The summed E-state index contributed by atoms with van der Waals surface area (Å²) >= 11 is 1.16. The van der Waals surface area contributed by atoms with Gasteiger partial charge in [-0.25, -0.2) is 4.98 Å². The molecular formula is C35H48N6O6S. The lowest BCUT2D eigenvalue weighted by atomic mass is 9.54. The quantitative estimate of drug-likeness (QED) is 0.209. The molecule has 4 aliphatic rings. The third-order valence-electron chi connectivity index (χ3n) is 9.93. The molecule has 2 heterocycles. The molecule has 0 saturated heterocycles. The molecule has 4 aliphatic carbocycles. The van der Waals surface area contributed by atoms with E-state index in [1.165, 1.54) is 30.3 Å². The minimum Gasteiger partial charge on any atom is -0.353 e. The van der Waals surface area contributed by atoms with Crippen LogP contribution in [0.15, 0.2) is 53.5 Å². The predicted molar refractivity (Wildman–Crippen MR) is 189 cm³/mol. The second-order valence-corrected chi connectivity index (χ2v) is 14.2. The number of carbonyl (C=O) groups excluding carboxylic acids is 5. The number of hydrogen-bond donors (Lipinski definition) is 4. The van der Waals surface area contributed by atoms with Crippen LogP contribution >= 0.6 is 11.3 Å². The minimum absolute atomic E-state index is 0. The van der Waals surface area contributed by atoms with Crippen molar-refractivity contribution in [3.05, 3.63) is 69.6 Å². The first kappa shape index (κ1) is 33.3. The van der Waals surface area contributed by atoms with Gasteiger partial charge in [-0.1, -0.05) is 30.3 Å². The van der Waals surface area contributed by atoms with E-state index >= 15 is 0 Å². The molecule has 4 saturated carbocycles. The maximum atomic E-state index is 13.6. The highest BCUT2D eigenvalue weighted by molar-refractivity contribution is 7.17. The van der Waals surface area contributed by atoms with Gasteiger partial charge in [0.1, 0.15) is 28.2 Å². The van der Waals surface area contributed by atoms with Crippen LogP contribution in [0, 0.1) is 30.6 Å². The molecule has 0 spiro atoms. The number of thiazole rings is 1. The highest BCUT2D eigenvalue weighted by Gasteiger charge is 2.48. The molecular weight excluding hydrogens is 632 g/mol. The summed E-state index contributed by atoms with van der Waals surface area (Å²) in [5.41, 5.74) is 0.641. The van der Waals surface area contributed by atoms with E-state index in [1.54, 1.807) is 13.0 Å². The molecule has 1 atom stereocenters. The Labute approximate surface area is 288 Å². The molecule has 12 nitrogen and oxygen atoms in total. The number of aromatic nitrogens is 2. The van der Waals surface area contributed by atoms with Crippen LogP contribution in [0.4, 0.5) is 5.69 Å². The van der Waals surface area contributed by atoms with Gasteiger partial charge in [-0.15, -0.1) is 11.3 Å². The molecule has 4 bridgehead atoms. The molecule has 0 aliphatic heterocycles. The van der Waals surface area contributed by atoms with Gasteiger partial charge < -0.3 is 25.8 Å². The van der Waals surface area contributed by atoms with Crippen LogP contribution in [-0.4, -0.2) is 58.1 Å². The van der Waals surface area contributed by atoms with Crippen molar-refractivity contribution >= 4 is 46.4 Å². The molecule has 7 rings (SSSR count). The number of carbonyl (C=O) groups is 5.